The second kappa shape index (κ2) is 7.00. The highest BCUT2D eigenvalue weighted by atomic mass is 32.2. The minimum absolute atomic E-state index is 0.0596. The van der Waals surface area contributed by atoms with E-state index in [0.29, 0.717) is 17.5 Å². The van der Waals surface area contributed by atoms with Crippen molar-refractivity contribution >= 4 is 29.4 Å². The predicted molar refractivity (Wildman–Crippen MR) is 74.6 cm³/mol. The summed E-state index contributed by atoms with van der Waals surface area (Å²) in [6, 6.07) is 4.59. The zero-order valence-corrected chi connectivity index (χ0v) is 11.2. The van der Waals surface area contributed by atoms with E-state index in [2.05, 4.69) is 5.32 Å². The normalized spacial score (nSPS) is 11.9. The maximum atomic E-state index is 10.9. The molecule has 1 N–H and O–H groups in total. The molecule has 6 heteroatoms. The SMILES string of the molecule is CSCCC(C)Nc1ccc(C=O)cc1[N+](=O)[O-]. The van der Waals surface area contributed by atoms with E-state index in [1.165, 1.54) is 6.07 Å². The van der Waals surface area contributed by atoms with E-state index in [1.807, 2.05) is 13.2 Å². The van der Waals surface area contributed by atoms with Gasteiger partial charge in [-0.1, -0.05) is 0 Å². The largest absolute Gasteiger partial charge is 0.377 e. The van der Waals surface area contributed by atoms with Gasteiger partial charge in [0.1, 0.15) is 12.0 Å². The fourth-order valence-corrected chi connectivity index (χ4v) is 2.12. The number of nitro groups is 1. The number of thioether (sulfide) groups is 1. The molecule has 0 bridgehead atoms. The van der Waals surface area contributed by atoms with E-state index in [1.54, 1.807) is 23.9 Å². The first-order valence-corrected chi connectivity index (χ1v) is 6.97. The average Bonchev–Trinajstić information content (AvgIpc) is 2.36. The van der Waals surface area contributed by atoms with Gasteiger partial charge in [0, 0.05) is 17.7 Å². The van der Waals surface area contributed by atoms with Crippen molar-refractivity contribution in [3.8, 4) is 0 Å². The maximum absolute atomic E-state index is 10.9. The molecule has 0 fully saturated rings. The number of nitro benzene ring substituents is 1. The maximum Gasteiger partial charge on any atom is 0.293 e. The van der Waals surface area contributed by atoms with Gasteiger partial charge < -0.3 is 5.32 Å². The molecule has 0 aromatic heterocycles. The smallest absolute Gasteiger partial charge is 0.293 e. The molecule has 5 nitrogen and oxygen atoms in total. The molecule has 0 aliphatic rings. The standard InChI is InChI=1S/C12H16N2O3S/c1-9(5-6-18-2)13-11-4-3-10(8-15)7-12(11)14(16)17/h3-4,7-9,13H,5-6H2,1-2H3. The fourth-order valence-electron chi connectivity index (χ4n) is 1.53. The van der Waals surface area contributed by atoms with Crippen LogP contribution in [0.5, 0.6) is 0 Å². The molecule has 1 unspecified atom stereocenters. The summed E-state index contributed by atoms with van der Waals surface area (Å²) in [5.74, 6) is 0.994. The second-order valence-electron chi connectivity index (χ2n) is 3.98. The van der Waals surface area contributed by atoms with Crippen LogP contribution in [0.4, 0.5) is 11.4 Å². The molecule has 0 saturated heterocycles. The van der Waals surface area contributed by atoms with Gasteiger partial charge in [0.2, 0.25) is 0 Å². The van der Waals surface area contributed by atoms with E-state index in [-0.39, 0.29) is 11.7 Å². The number of nitrogens with one attached hydrogen (secondary N) is 1. The van der Waals surface area contributed by atoms with Gasteiger partial charge in [0.25, 0.3) is 5.69 Å². The van der Waals surface area contributed by atoms with Crippen LogP contribution in [0.15, 0.2) is 18.2 Å². The van der Waals surface area contributed by atoms with Gasteiger partial charge in [0.15, 0.2) is 0 Å². The van der Waals surface area contributed by atoms with Crippen LogP contribution < -0.4 is 5.32 Å². The molecule has 1 aromatic rings. The van der Waals surface area contributed by atoms with Crippen molar-refractivity contribution in [3.05, 3.63) is 33.9 Å². The topological polar surface area (TPSA) is 72.2 Å². The molecule has 0 amide bonds. The first kappa shape index (κ1) is 14.5. The molecule has 0 aliphatic carbocycles. The van der Waals surface area contributed by atoms with Crippen molar-refractivity contribution in [2.24, 2.45) is 0 Å². The van der Waals surface area contributed by atoms with Crippen molar-refractivity contribution in [2.75, 3.05) is 17.3 Å². The van der Waals surface area contributed by atoms with Crippen LogP contribution in [0.3, 0.4) is 0 Å². The lowest BCUT2D eigenvalue weighted by Gasteiger charge is -2.14. The highest BCUT2D eigenvalue weighted by molar-refractivity contribution is 7.98. The van der Waals surface area contributed by atoms with Crippen molar-refractivity contribution < 1.29 is 9.72 Å². The quantitative estimate of drug-likeness (QED) is 0.467. The molecular formula is C12H16N2O3S. The number of carbonyl (C=O) groups is 1. The molecule has 1 atom stereocenters. The van der Waals surface area contributed by atoms with Gasteiger partial charge >= 0.3 is 0 Å². The Kier molecular flexibility index (Phi) is 5.64. The monoisotopic (exact) mass is 268 g/mol. The summed E-state index contributed by atoms with van der Waals surface area (Å²) in [4.78, 5) is 21.1. The fraction of sp³-hybridized carbons (Fsp3) is 0.417. The van der Waals surface area contributed by atoms with Gasteiger partial charge in [-0.3, -0.25) is 14.9 Å². The van der Waals surface area contributed by atoms with Crippen LogP contribution in [0, 0.1) is 10.1 Å². The molecule has 0 saturated carbocycles. The Bertz CT molecular complexity index is 437. The third-order valence-corrected chi connectivity index (χ3v) is 3.16. The average molecular weight is 268 g/mol. The zero-order valence-electron chi connectivity index (χ0n) is 10.4. The van der Waals surface area contributed by atoms with Gasteiger partial charge in [-0.25, -0.2) is 0 Å². The first-order valence-electron chi connectivity index (χ1n) is 5.57. The van der Waals surface area contributed by atoms with E-state index in [0.717, 1.165) is 12.2 Å². The van der Waals surface area contributed by atoms with Crippen LogP contribution in [-0.4, -0.2) is 29.3 Å². The number of hydrogen-bond donors (Lipinski definition) is 1. The Morgan fingerprint density at radius 2 is 2.28 bits per heavy atom. The van der Waals surface area contributed by atoms with Crippen LogP contribution in [0.2, 0.25) is 0 Å². The van der Waals surface area contributed by atoms with Gasteiger partial charge in [-0.2, -0.15) is 11.8 Å². The number of aldehydes is 1. The molecule has 0 aliphatic heterocycles. The van der Waals surface area contributed by atoms with Gasteiger partial charge in [-0.05, 0) is 37.5 Å². The Balaban J connectivity index is 2.87. The number of benzene rings is 1. The van der Waals surface area contributed by atoms with Crippen LogP contribution in [0.1, 0.15) is 23.7 Å². The summed E-state index contributed by atoms with van der Waals surface area (Å²) >= 11 is 1.74. The van der Waals surface area contributed by atoms with E-state index < -0.39 is 4.92 Å². The Morgan fingerprint density at radius 1 is 1.56 bits per heavy atom. The van der Waals surface area contributed by atoms with Gasteiger partial charge in [0.05, 0.1) is 4.92 Å². The molecule has 98 valence electrons. The summed E-state index contributed by atoms with van der Waals surface area (Å²) in [6.07, 6.45) is 3.55. The second-order valence-corrected chi connectivity index (χ2v) is 4.96. The lowest BCUT2D eigenvalue weighted by atomic mass is 10.1. The van der Waals surface area contributed by atoms with Crippen molar-refractivity contribution in [1.29, 1.82) is 0 Å². The number of rotatable bonds is 7. The Labute approximate surface area is 110 Å². The number of anilines is 1. The number of carbonyl (C=O) groups excluding carboxylic acids is 1. The lowest BCUT2D eigenvalue weighted by molar-refractivity contribution is -0.384. The molecular weight excluding hydrogens is 252 g/mol. The molecule has 0 spiro atoms. The van der Waals surface area contributed by atoms with Crippen LogP contribution in [0.25, 0.3) is 0 Å². The molecule has 1 rings (SSSR count). The summed E-state index contributed by atoms with van der Waals surface area (Å²) in [5.41, 5.74) is 0.707. The minimum atomic E-state index is -0.476. The summed E-state index contributed by atoms with van der Waals surface area (Å²) < 4.78 is 0. The first-order chi connectivity index (χ1) is 8.58. The number of nitrogens with zero attached hydrogens (tertiary/aromatic N) is 1. The molecule has 1 aromatic carbocycles. The number of hydrogen-bond acceptors (Lipinski definition) is 5. The highest BCUT2D eigenvalue weighted by Gasteiger charge is 2.15. The van der Waals surface area contributed by atoms with Crippen LogP contribution >= 0.6 is 11.8 Å². The van der Waals surface area contributed by atoms with E-state index in [9.17, 15) is 14.9 Å². The van der Waals surface area contributed by atoms with E-state index >= 15 is 0 Å². The lowest BCUT2D eigenvalue weighted by Crippen LogP contribution is -2.16. The molecule has 18 heavy (non-hydrogen) atoms. The van der Waals surface area contributed by atoms with Crippen molar-refractivity contribution in [1.82, 2.24) is 0 Å². The summed E-state index contributed by atoms with van der Waals surface area (Å²) in [7, 11) is 0. The van der Waals surface area contributed by atoms with Gasteiger partial charge in [-0.15, -0.1) is 0 Å². The minimum Gasteiger partial charge on any atom is -0.377 e. The highest BCUT2D eigenvalue weighted by Crippen LogP contribution is 2.26. The summed E-state index contributed by atoms with van der Waals surface area (Å²) in [6.45, 7) is 1.98. The van der Waals surface area contributed by atoms with Crippen molar-refractivity contribution in [3.63, 3.8) is 0 Å². The van der Waals surface area contributed by atoms with Crippen molar-refractivity contribution in [2.45, 2.75) is 19.4 Å². The summed E-state index contributed by atoms with van der Waals surface area (Å²) in [5, 5.41) is 14.0. The predicted octanol–water partition coefficient (Wildman–Crippen LogP) is 2.96. The van der Waals surface area contributed by atoms with E-state index in [4.69, 9.17) is 0 Å². The Morgan fingerprint density at radius 3 is 2.83 bits per heavy atom. The third kappa shape index (κ3) is 4.03. The molecule has 0 heterocycles. The van der Waals surface area contributed by atoms with Crippen LogP contribution in [-0.2, 0) is 0 Å². The molecule has 0 radical (unpaired) electrons. The Hall–Kier alpha value is -1.56. The third-order valence-electron chi connectivity index (χ3n) is 2.51. The zero-order chi connectivity index (χ0) is 13.5.